The van der Waals surface area contributed by atoms with E-state index in [1.165, 1.54) is 19.3 Å². The molecule has 20 heavy (non-hydrogen) atoms. The number of carboxylic acid groups (broad SMARTS) is 1. The maximum absolute atomic E-state index is 11.8. The number of urea groups is 1. The van der Waals surface area contributed by atoms with Gasteiger partial charge in [-0.25, -0.2) is 9.59 Å². The smallest absolute Gasteiger partial charge is 0.326 e. The van der Waals surface area contributed by atoms with Crippen LogP contribution in [-0.2, 0) is 4.79 Å². The fraction of sp³-hybridized carbons (Fsp3) is 0.867. The average molecular weight is 284 g/mol. The first-order valence-corrected chi connectivity index (χ1v) is 7.81. The Morgan fingerprint density at radius 3 is 2.60 bits per heavy atom. The highest BCUT2D eigenvalue weighted by atomic mass is 16.4. The van der Waals surface area contributed by atoms with E-state index in [9.17, 15) is 9.59 Å². The lowest BCUT2D eigenvalue weighted by Gasteiger charge is -2.29. The first-order chi connectivity index (χ1) is 9.54. The SMILES string of the molecule is CCCCC(NC(=O)NCC1CCCCC1C)C(=O)O. The topological polar surface area (TPSA) is 78.4 Å². The van der Waals surface area contributed by atoms with Gasteiger partial charge in [0.1, 0.15) is 6.04 Å². The minimum atomic E-state index is -0.959. The molecule has 0 aromatic rings. The van der Waals surface area contributed by atoms with Crippen LogP contribution in [0.4, 0.5) is 4.79 Å². The molecule has 0 saturated heterocycles. The van der Waals surface area contributed by atoms with E-state index in [1.807, 2.05) is 6.92 Å². The largest absolute Gasteiger partial charge is 0.480 e. The van der Waals surface area contributed by atoms with Gasteiger partial charge in [-0.2, -0.15) is 0 Å². The van der Waals surface area contributed by atoms with Gasteiger partial charge in [-0.15, -0.1) is 0 Å². The molecule has 1 saturated carbocycles. The van der Waals surface area contributed by atoms with Gasteiger partial charge in [0.2, 0.25) is 0 Å². The molecule has 0 aliphatic heterocycles. The summed E-state index contributed by atoms with van der Waals surface area (Å²) in [5, 5.41) is 14.5. The van der Waals surface area contributed by atoms with Gasteiger partial charge in [-0.3, -0.25) is 0 Å². The molecule has 3 atom stereocenters. The molecule has 1 aliphatic rings. The lowest BCUT2D eigenvalue weighted by atomic mass is 9.80. The molecular weight excluding hydrogens is 256 g/mol. The Labute approximate surface area is 121 Å². The Kier molecular flexibility index (Phi) is 7.41. The van der Waals surface area contributed by atoms with E-state index < -0.39 is 12.0 Å². The quantitative estimate of drug-likeness (QED) is 0.672. The molecular formula is C15H28N2O3. The molecule has 3 unspecified atom stereocenters. The number of aliphatic carboxylic acids is 1. The summed E-state index contributed by atoms with van der Waals surface area (Å²) in [6, 6.07) is -1.13. The van der Waals surface area contributed by atoms with Crippen LogP contribution in [0.1, 0.15) is 58.8 Å². The highest BCUT2D eigenvalue weighted by molar-refractivity contribution is 5.82. The third-order valence-corrected chi connectivity index (χ3v) is 4.26. The summed E-state index contributed by atoms with van der Waals surface area (Å²) < 4.78 is 0. The molecule has 0 aromatic heterocycles. The molecule has 2 amide bonds. The zero-order valence-electron chi connectivity index (χ0n) is 12.7. The average Bonchev–Trinajstić information content (AvgIpc) is 2.42. The van der Waals surface area contributed by atoms with Crippen molar-refractivity contribution in [3.63, 3.8) is 0 Å². The predicted octanol–water partition coefficient (Wildman–Crippen LogP) is 2.76. The van der Waals surface area contributed by atoms with Gasteiger partial charge >= 0.3 is 12.0 Å². The van der Waals surface area contributed by atoms with Crippen molar-refractivity contribution >= 4 is 12.0 Å². The molecule has 5 heteroatoms. The highest BCUT2D eigenvalue weighted by Crippen LogP contribution is 2.28. The van der Waals surface area contributed by atoms with E-state index in [4.69, 9.17) is 5.11 Å². The number of unbranched alkanes of at least 4 members (excludes halogenated alkanes) is 1. The Balaban J connectivity index is 2.31. The lowest BCUT2D eigenvalue weighted by Crippen LogP contribution is -2.47. The fourth-order valence-electron chi connectivity index (χ4n) is 2.80. The molecule has 1 fully saturated rings. The van der Waals surface area contributed by atoms with Crippen molar-refractivity contribution in [2.24, 2.45) is 11.8 Å². The van der Waals surface area contributed by atoms with Crippen molar-refractivity contribution in [1.82, 2.24) is 10.6 Å². The van der Waals surface area contributed by atoms with E-state index >= 15 is 0 Å². The van der Waals surface area contributed by atoms with Crippen LogP contribution in [0.5, 0.6) is 0 Å². The zero-order chi connectivity index (χ0) is 15.0. The molecule has 0 bridgehead atoms. The van der Waals surface area contributed by atoms with Gasteiger partial charge in [0.05, 0.1) is 0 Å². The molecule has 3 N–H and O–H groups in total. The van der Waals surface area contributed by atoms with Crippen molar-refractivity contribution in [2.45, 2.75) is 64.8 Å². The van der Waals surface area contributed by atoms with Crippen molar-refractivity contribution in [3.8, 4) is 0 Å². The van der Waals surface area contributed by atoms with Crippen molar-refractivity contribution in [1.29, 1.82) is 0 Å². The lowest BCUT2D eigenvalue weighted by molar-refractivity contribution is -0.139. The maximum Gasteiger partial charge on any atom is 0.326 e. The van der Waals surface area contributed by atoms with E-state index in [0.717, 1.165) is 19.3 Å². The summed E-state index contributed by atoms with van der Waals surface area (Å²) in [5.74, 6) is 0.201. The van der Waals surface area contributed by atoms with E-state index in [2.05, 4.69) is 17.6 Å². The first kappa shape index (κ1) is 16.8. The standard InChI is InChI=1S/C15H28N2O3/c1-3-4-9-13(14(18)19)17-15(20)16-10-12-8-6-5-7-11(12)2/h11-13H,3-10H2,1-2H3,(H,18,19)(H2,16,17,20). The van der Waals surface area contributed by atoms with Gasteiger partial charge in [0.15, 0.2) is 0 Å². The second-order valence-electron chi connectivity index (χ2n) is 5.91. The molecule has 0 heterocycles. The maximum atomic E-state index is 11.8. The Bertz CT molecular complexity index is 320. The van der Waals surface area contributed by atoms with Crippen LogP contribution in [0.3, 0.4) is 0 Å². The van der Waals surface area contributed by atoms with Crippen LogP contribution in [-0.4, -0.2) is 29.7 Å². The normalized spacial score (nSPS) is 23.9. The Morgan fingerprint density at radius 2 is 2.00 bits per heavy atom. The summed E-state index contributed by atoms with van der Waals surface area (Å²) in [6.07, 6.45) is 7.10. The number of nitrogens with one attached hydrogen (secondary N) is 2. The van der Waals surface area contributed by atoms with Gasteiger partial charge in [-0.1, -0.05) is 46.0 Å². The summed E-state index contributed by atoms with van der Waals surface area (Å²) in [4.78, 5) is 22.8. The molecule has 5 nitrogen and oxygen atoms in total. The van der Waals surface area contributed by atoms with E-state index in [-0.39, 0.29) is 6.03 Å². The Hall–Kier alpha value is -1.26. The van der Waals surface area contributed by atoms with Crippen molar-refractivity contribution in [2.75, 3.05) is 6.54 Å². The molecule has 0 radical (unpaired) electrons. The summed E-state index contributed by atoms with van der Waals surface area (Å²) in [7, 11) is 0. The second kappa shape index (κ2) is 8.82. The fourth-order valence-corrected chi connectivity index (χ4v) is 2.80. The second-order valence-corrected chi connectivity index (χ2v) is 5.91. The molecule has 1 rings (SSSR count). The number of hydrogen-bond acceptors (Lipinski definition) is 2. The first-order valence-electron chi connectivity index (χ1n) is 7.81. The van der Waals surface area contributed by atoms with Crippen LogP contribution in [0, 0.1) is 11.8 Å². The van der Waals surface area contributed by atoms with Gasteiger partial charge < -0.3 is 15.7 Å². The van der Waals surface area contributed by atoms with Gasteiger partial charge in [0, 0.05) is 6.54 Å². The number of hydrogen-bond donors (Lipinski definition) is 3. The number of carbonyl (C=O) groups is 2. The van der Waals surface area contributed by atoms with Crippen LogP contribution in [0.25, 0.3) is 0 Å². The Morgan fingerprint density at radius 1 is 1.30 bits per heavy atom. The molecule has 0 aromatic carbocycles. The zero-order valence-corrected chi connectivity index (χ0v) is 12.7. The van der Waals surface area contributed by atoms with Gasteiger partial charge in [-0.05, 0) is 24.7 Å². The summed E-state index contributed by atoms with van der Waals surface area (Å²) in [5.41, 5.74) is 0. The van der Waals surface area contributed by atoms with Crippen LogP contribution in [0.2, 0.25) is 0 Å². The van der Waals surface area contributed by atoms with Crippen molar-refractivity contribution < 1.29 is 14.7 Å². The molecule has 116 valence electrons. The number of carbonyl (C=O) groups excluding carboxylic acids is 1. The van der Waals surface area contributed by atoms with Gasteiger partial charge in [0.25, 0.3) is 0 Å². The third kappa shape index (κ3) is 5.80. The van der Waals surface area contributed by atoms with E-state index in [0.29, 0.717) is 24.8 Å². The summed E-state index contributed by atoms with van der Waals surface area (Å²) in [6.45, 7) is 4.88. The minimum absolute atomic E-state index is 0.355. The number of rotatable bonds is 7. The number of carboxylic acids is 1. The van der Waals surface area contributed by atoms with Crippen LogP contribution >= 0.6 is 0 Å². The van der Waals surface area contributed by atoms with Crippen LogP contribution in [0.15, 0.2) is 0 Å². The van der Waals surface area contributed by atoms with Crippen LogP contribution < -0.4 is 10.6 Å². The highest BCUT2D eigenvalue weighted by Gasteiger charge is 2.23. The monoisotopic (exact) mass is 284 g/mol. The number of amides is 2. The van der Waals surface area contributed by atoms with Crippen molar-refractivity contribution in [3.05, 3.63) is 0 Å². The third-order valence-electron chi connectivity index (χ3n) is 4.26. The predicted molar refractivity (Wildman–Crippen MR) is 78.6 cm³/mol. The van der Waals surface area contributed by atoms with E-state index in [1.54, 1.807) is 0 Å². The molecule has 1 aliphatic carbocycles. The minimum Gasteiger partial charge on any atom is -0.480 e. The summed E-state index contributed by atoms with van der Waals surface area (Å²) >= 11 is 0. The molecule has 0 spiro atoms.